The Labute approximate surface area is 133 Å². The summed E-state index contributed by atoms with van der Waals surface area (Å²) in [6, 6.07) is 6.51. The molecule has 0 radical (unpaired) electrons. The predicted molar refractivity (Wildman–Crippen MR) is 82.5 cm³/mol. The summed E-state index contributed by atoms with van der Waals surface area (Å²) in [6.45, 7) is 2.53. The first-order chi connectivity index (χ1) is 11.2. The second-order valence-corrected chi connectivity index (χ2v) is 5.14. The smallest absolute Gasteiger partial charge is 0.257 e. The molecule has 1 aromatic carbocycles. The number of morpholine rings is 1. The molecule has 1 aliphatic heterocycles. The number of aromatic nitrogens is 2. The Bertz CT molecular complexity index is 672. The van der Waals surface area contributed by atoms with E-state index in [-0.39, 0.29) is 18.3 Å². The van der Waals surface area contributed by atoms with Crippen molar-refractivity contribution in [3.8, 4) is 0 Å². The highest BCUT2D eigenvalue weighted by Gasteiger charge is 2.19. The number of ether oxygens (including phenoxy) is 1. The van der Waals surface area contributed by atoms with Crippen LogP contribution in [-0.4, -0.2) is 47.1 Å². The molecule has 1 fully saturated rings. The van der Waals surface area contributed by atoms with Gasteiger partial charge in [0.2, 0.25) is 5.95 Å². The van der Waals surface area contributed by atoms with Gasteiger partial charge in [0, 0.05) is 37.6 Å². The fraction of sp³-hybridized carbons (Fsp3) is 0.312. The predicted octanol–water partition coefficient (Wildman–Crippen LogP) is 1.70. The van der Waals surface area contributed by atoms with Crippen molar-refractivity contribution < 1.29 is 13.9 Å². The van der Waals surface area contributed by atoms with Crippen molar-refractivity contribution in [2.45, 2.75) is 6.54 Å². The van der Waals surface area contributed by atoms with Crippen LogP contribution >= 0.6 is 0 Å². The number of nitrogens with one attached hydrogen (secondary N) is 1. The average molecular weight is 316 g/mol. The van der Waals surface area contributed by atoms with Crippen molar-refractivity contribution in [1.82, 2.24) is 14.9 Å². The molecule has 3 rings (SSSR count). The maximum absolute atomic E-state index is 13.5. The molecule has 0 bridgehead atoms. The molecule has 120 valence electrons. The Hall–Kier alpha value is -2.54. The van der Waals surface area contributed by atoms with Crippen LogP contribution in [-0.2, 0) is 11.3 Å². The van der Waals surface area contributed by atoms with E-state index in [1.54, 1.807) is 23.1 Å². The molecule has 1 aromatic heterocycles. The summed E-state index contributed by atoms with van der Waals surface area (Å²) in [5.41, 5.74) is 0.966. The van der Waals surface area contributed by atoms with E-state index in [0.717, 1.165) is 0 Å². The van der Waals surface area contributed by atoms with Gasteiger partial charge in [0.15, 0.2) is 0 Å². The zero-order valence-corrected chi connectivity index (χ0v) is 12.5. The molecule has 2 heterocycles. The summed E-state index contributed by atoms with van der Waals surface area (Å²) in [4.78, 5) is 22.2. The van der Waals surface area contributed by atoms with Crippen LogP contribution in [0, 0.1) is 5.82 Å². The standard InChI is InChI=1S/C16H17FN4O2/c17-14-4-2-1-3-12(14)9-18-16-19-10-13(11-20-16)15(22)21-5-7-23-8-6-21/h1-4,10-11H,5-9H2,(H,18,19,20). The molecule has 7 heteroatoms. The first-order valence-electron chi connectivity index (χ1n) is 7.40. The number of halogens is 1. The summed E-state index contributed by atoms with van der Waals surface area (Å²) in [5.74, 6) is -0.0279. The Morgan fingerprint density at radius 1 is 1.22 bits per heavy atom. The largest absolute Gasteiger partial charge is 0.378 e. The van der Waals surface area contributed by atoms with Gasteiger partial charge in [-0.3, -0.25) is 4.79 Å². The monoisotopic (exact) mass is 316 g/mol. The fourth-order valence-corrected chi connectivity index (χ4v) is 2.29. The lowest BCUT2D eigenvalue weighted by Crippen LogP contribution is -2.40. The number of benzene rings is 1. The third kappa shape index (κ3) is 3.81. The summed E-state index contributed by atoms with van der Waals surface area (Å²) < 4.78 is 18.7. The van der Waals surface area contributed by atoms with Crippen LogP contribution in [0.2, 0.25) is 0 Å². The second kappa shape index (κ2) is 7.15. The Morgan fingerprint density at radius 2 is 1.91 bits per heavy atom. The zero-order valence-electron chi connectivity index (χ0n) is 12.5. The van der Waals surface area contributed by atoms with Crippen molar-refractivity contribution >= 4 is 11.9 Å². The lowest BCUT2D eigenvalue weighted by molar-refractivity contribution is 0.0302. The van der Waals surface area contributed by atoms with Gasteiger partial charge in [-0.15, -0.1) is 0 Å². The van der Waals surface area contributed by atoms with Crippen molar-refractivity contribution in [3.63, 3.8) is 0 Å². The van der Waals surface area contributed by atoms with Gasteiger partial charge >= 0.3 is 0 Å². The van der Waals surface area contributed by atoms with Crippen molar-refractivity contribution in [2.75, 3.05) is 31.6 Å². The number of anilines is 1. The Kier molecular flexibility index (Phi) is 4.77. The minimum absolute atomic E-state index is 0.103. The quantitative estimate of drug-likeness (QED) is 0.930. The van der Waals surface area contributed by atoms with Gasteiger partial charge in [0.05, 0.1) is 18.8 Å². The molecule has 0 atom stereocenters. The van der Waals surface area contributed by atoms with Crippen LogP contribution in [0.5, 0.6) is 0 Å². The van der Waals surface area contributed by atoms with E-state index in [9.17, 15) is 9.18 Å². The van der Waals surface area contributed by atoms with Crippen LogP contribution in [0.25, 0.3) is 0 Å². The molecule has 2 aromatic rings. The van der Waals surface area contributed by atoms with Crippen LogP contribution in [0.3, 0.4) is 0 Å². The lowest BCUT2D eigenvalue weighted by atomic mass is 10.2. The van der Waals surface area contributed by atoms with Crippen molar-refractivity contribution in [2.24, 2.45) is 0 Å². The summed E-state index contributed by atoms with van der Waals surface area (Å²) >= 11 is 0. The molecule has 0 unspecified atom stereocenters. The van der Waals surface area contributed by atoms with Gasteiger partial charge in [-0.05, 0) is 6.07 Å². The second-order valence-electron chi connectivity index (χ2n) is 5.14. The van der Waals surface area contributed by atoms with Crippen LogP contribution in [0.15, 0.2) is 36.7 Å². The highest BCUT2D eigenvalue weighted by molar-refractivity contribution is 5.93. The van der Waals surface area contributed by atoms with Crippen LogP contribution < -0.4 is 5.32 Å². The van der Waals surface area contributed by atoms with Gasteiger partial charge in [0.1, 0.15) is 5.82 Å². The SMILES string of the molecule is O=C(c1cnc(NCc2ccccc2F)nc1)N1CCOCC1. The normalized spacial score (nSPS) is 14.6. The van der Waals surface area contributed by atoms with Gasteiger partial charge in [-0.25, -0.2) is 14.4 Å². The molecular weight excluding hydrogens is 299 g/mol. The number of carbonyl (C=O) groups excluding carboxylic acids is 1. The molecule has 0 aliphatic carbocycles. The van der Waals surface area contributed by atoms with Gasteiger partial charge in [-0.2, -0.15) is 0 Å². The molecule has 1 amide bonds. The Balaban J connectivity index is 1.60. The summed E-state index contributed by atoms with van der Waals surface area (Å²) in [6.07, 6.45) is 2.96. The minimum Gasteiger partial charge on any atom is -0.378 e. The molecular formula is C16H17FN4O2. The molecule has 0 saturated carbocycles. The van der Waals surface area contributed by atoms with Gasteiger partial charge in [0.25, 0.3) is 5.91 Å². The summed E-state index contributed by atoms with van der Waals surface area (Å²) in [5, 5.41) is 2.94. The number of amides is 1. The van der Waals surface area contributed by atoms with E-state index in [4.69, 9.17) is 4.74 Å². The summed E-state index contributed by atoms with van der Waals surface area (Å²) in [7, 11) is 0. The molecule has 1 saturated heterocycles. The van der Waals surface area contributed by atoms with Crippen LogP contribution in [0.4, 0.5) is 10.3 Å². The minimum atomic E-state index is -0.279. The molecule has 0 spiro atoms. The number of rotatable bonds is 4. The average Bonchev–Trinajstić information content (AvgIpc) is 2.62. The zero-order chi connectivity index (χ0) is 16.1. The number of hydrogen-bond donors (Lipinski definition) is 1. The molecule has 1 N–H and O–H groups in total. The molecule has 6 nitrogen and oxygen atoms in total. The maximum Gasteiger partial charge on any atom is 0.257 e. The van der Waals surface area contributed by atoms with E-state index in [1.165, 1.54) is 18.5 Å². The number of nitrogens with zero attached hydrogens (tertiary/aromatic N) is 3. The first kappa shape index (κ1) is 15.4. The van der Waals surface area contributed by atoms with E-state index in [1.807, 2.05) is 0 Å². The van der Waals surface area contributed by atoms with Crippen molar-refractivity contribution in [3.05, 3.63) is 53.6 Å². The number of carbonyl (C=O) groups is 1. The maximum atomic E-state index is 13.5. The third-order valence-electron chi connectivity index (χ3n) is 3.59. The van der Waals surface area contributed by atoms with Gasteiger partial charge < -0.3 is 15.0 Å². The van der Waals surface area contributed by atoms with Gasteiger partial charge in [-0.1, -0.05) is 18.2 Å². The van der Waals surface area contributed by atoms with Crippen LogP contribution in [0.1, 0.15) is 15.9 Å². The molecule has 23 heavy (non-hydrogen) atoms. The first-order valence-corrected chi connectivity index (χ1v) is 7.40. The Morgan fingerprint density at radius 3 is 2.61 bits per heavy atom. The third-order valence-corrected chi connectivity index (χ3v) is 3.59. The van der Waals surface area contributed by atoms with Crippen molar-refractivity contribution in [1.29, 1.82) is 0 Å². The highest BCUT2D eigenvalue weighted by atomic mass is 19.1. The fourth-order valence-electron chi connectivity index (χ4n) is 2.29. The van der Waals surface area contributed by atoms with E-state index >= 15 is 0 Å². The van der Waals surface area contributed by atoms with E-state index in [2.05, 4.69) is 15.3 Å². The van der Waals surface area contributed by atoms with E-state index in [0.29, 0.717) is 43.4 Å². The number of hydrogen-bond acceptors (Lipinski definition) is 5. The van der Waals surface area contributed by atoms with E-state index < -0.39 is 0 Å². The highest BCUT2D eigenvalue weighted by Crippen LogP contribution is 2.10. The topological polar surface area (TPSA) is 67.4 Å². The molecule has 1 aliphatic rings. The lowest BCUT2D eigenvalue weighted by Gasteiger charge is -2.26.